The number of nitrogens with zero attached hydrogens (tertiary/aromatic N) is 3. The molecule has 3 saturated heterocycles. The van der Waals surface area contributed by atoms with Crippen LogP contribution in [0.25, 0.3) is 0 Å². The fraction of sp³-hybridized carbons (Fsp3) is 0.800. The van der Waals surface area contributed by atoms with Crippen LogP contribution in [0.4, 0.5) is 13.2 Å². The third-order valence-corrected chi connectivity index (χ3v) is 7.06. The second kappa shape index (κ2) is 6.42. The van der Waals surface area contributed by atoms with E-state index in [0.717, 1.165) is 56.6 Å². The van der Waals surface area contributed by atoms with E-state index in [1.807, 2.05) is 0 Å². The Kier molecular flexibility index (Phi) is 4.57. The van der Waals surface area contributed by atoms with Crippen LogP contribution in [0.1, 0.15) is 17.8 Å². The first kappa shape index (κ1) is 17.1. The summed E-state index contributed by atoms with van der Waals surface area (Å²) in [5.74, 6) is 0.764. The van der Waals surface area contributed by atoms with E-state index in [1.54, 1.807) is 0 Å². The zero-order valence-electron chi connectivity index (χ0n) is 13.2. The van der Waals surface area contributed by atoms with Crippen molar-refractivity contribution in [2.45, 2.75) is 23.2 Å². The number of likely N-dealkylation sites (tertiary alicyclic amines) is 1. The Balaban J connectivity index is 1.20. The maximum atomic E-state index is 12.6. The van der Waals surface area contributed by atoms with Crippen LogP contribution in [0.2, 0.25) is 0 Å². The predicted octanol–water partition coefficient (Wildman–Crippen LogP) is 3.21. The molecule has 0 amide bonds. The summed E-state index contributed by atoms with van der Waals surface area (Å²) in [5.41, 5.74) is 0.371. The highest BCUT2D eigenvalue weighted by molar-refractivity contribution is 7.99. The van der Waals surface area contributed by atoms with E-state index in [4.69, 9.17) is 4.74 Å². The number of halogens is 3. The Morgan fingerprint density at radius 3 is 2.58 bits per heavy atom. The second-order valence-corrected chi connectivity index (χ2v) is 9.52. The Labute approximate surface area is 147 Å². The minimum atomic E-state index is -4.34. The average molecular weight is 379 g/mol. The van der Waals surface area contributed by atoms with Crippen molar-refractivity contribution in [3.05, 3.63) is 11.2 Å². The fourth-order valence-electron chi connectivity index (χ4n) is 3.85. The molecule has 0 N–H and O–H groups in total. The predicted molar refractivity (Wildman–Crippen MR) is 87.0 cm³/mol. The molecule has 4 rings (SSSR count). The molecule has 0 atom stereocenters. The number of ether oxygens (including phenoxy) is 1. The molecule has 3 aliphatic rings. The minimum Gasteiger partial charge on any atom is -0.381 e. The molecule has 3 aliphatic heterocycles. The lowest BCUT2D eigenvalue weighted by Gasteiger charge is -2.60. The summed E-state index contributed by atoms with van der Waals surface area (Å²) in [4.78, 5) is 5.99. The molecule has 4 nitrogen and oxygen atoms in total. The highest BCUT2D eigenvalue weighted by Gasteiger charge is 2.52. The van der Waals surface area contributed by atoms with Gasteiger partial charge in [0.2, 0.25) is 0 Å². The molecule has 1 aromatic rings. The van der Waals surface area contributed by atoms with Gasteiger partial charge in [0.25, 0.3) is 0 Å². The average Bonchev–Trinajstić information content (AvgIpc) is 2.92. The summed E-state index contributed by atoms with van der Waals surface area (Å²) in [6.45, 7) is 7.12. The fourth-order valence-corrected chi connectivity index (χ4v) is 6.10. The Hall–Kier alpha value is -0.350. The molecule has 3 fully saturated rings. The third kappa shape index (κ3) is 3.60. The topological polar surface area (TPSA) is 28.6 Å². The number of hydrogen-bond acceptors (Lipinski definition) is 6. The summed E-state index contributed by atoms with van der Waals surface area (Å²) >= 11 is 2.14. The highest BCUT2D eigenvalue weighted by atomic mass is 32.2. The molecule has 0 bridgehead atoms. The van der Waals surface area contributed by atoms with Gasteiger partial charge in [-0.05, 0) is 30.7 Å². The lowest BCUT2D eigenvalue weighted by Crippen LogP contribution is -2.70. The highest BCUT2D eigenvalue weighted by Crippen LogP contribution is 2.46. The van der Waals surface area contributed by atoms with Crippen LogP contribution in [0.3, 0.4) is 0 Å². The van der Waals surface area contributed by atoms with E-state index in [9.17, 15) is 13.2 Å². The molecule has 134 valence electrons. The van der Waals surface area contributed by atoms with Crippen molar-refractivity contribution in [2.75, 3.05) is 45.9 Å². The standard InChI is InChI=1S/C15H20F3N3OS2/c16-15(17,18)13-19-5-12(23-13)24-21-9-14(10-21)7-20(8-14)6-11-1-3-22-4-2-11/h5,11H,1-4,6-10H2. The molecular formula is C15H20F3N3OS2. The number of alkyl halides is 3. The van der Waals surface area contributed by atoms with Gasteiger partial charge in [-0.1, -0.05) is 0 Å². The van der Waals surface area contributed by atoms with E-state index in [-0.39, 0.29) is 0 Å². The second-order valence-electron chi connectivity index (χ2n) is 7.10. The molecular weight excluding hydrogens is 359 g/mol. The first-order valence-corrected chi connectivity index (χ1v) is 9.77. The van der Waals surface area contributed by atoms with E-state index in [0.29, 0.717) is 9.62 Å². The van der Waals surface area contributed by atoms with Crippen LogP contribution in [-0.4, -0.2) is 60.1 Å². The smallest absolute Gasteiger partial charge is 0.381 e. The molecule has 0 aliphatic carbocycles. The number of aromatic nitrogens is 1. The van der Waals surface area contributed by atoms with Crippen LogP contribution >= 0.6 is 23.3 Å². The minimum absolute atomic E-state index is 0.371. The van der Waals surface area contributed by atoms with Gasteiger partial charge in [-0.15, -0.1) is 11.3 Å². The van der Waals surface area contributed by atoms with Crippen molar-refractivity contribution in [1.29, 1.82) is 0 Å². The summed E-state index contributed by atoms with van der Waals surface area (Å²) in [6, 6.07) is 0. The van der Waals surface area contributed by atoms with Crippen molar-refractivity contribution in [1.82, 2.24) is 14.2 Å². The largest absolute Gasteiger partial charge is 0.443 e. The number of hydrogen-bond donors (Lipinski definition) is 0. The monoisotopic (exact) mass is 379 g/mol. The molecule has 24 heavy (non-hydrogen) atoms. The van der Waals surface area contributed by atoms with Crippen molar-refractivity contribution >= 4 is 23.3 Å². The summed E-state index contributed by atoms with van der Waals surface area (Å²) in [7, 11) is 0. The van der Waals surface area contributed by atoms with Crippen molar-refractivity contribution in [3.8, 4) is 0 Å². The third-order valence-electron chi connectivity index (χ3n) is 4.94. The molecule has 1 aromatic heterocycles. The maximum absolute atomic E-state index is 12.6. The van der Waals surface area contributed by atoms with Gasteiger partial charge in [-0.2, -0.15) is 13.2 Å². The molecule has 0 aromatic carbocycles. The Bertz CT molecular complexity index is 575. The lowest BCUT2D eigenvalue weighted by atomic mass is 9.74. The molecule has 0 saturated carbocycles. The maximum Gasteiger partial charge on any atom is 0.443 e. The quantitative estimate of drug-likeness (QED) is 0.750. The van der Waals surface area contributed by atoms with Gasteiger partial charge in [-0.3, -0.25) is 0 Å². The van der Waals surface area contributed by atoms with Crippen LogP contribution in [0, 0.1) is 11.3 Å². The van der Waals surface area contributed by atoms with E-state index in [1.165, 1.54) is 37.5 Å². The van der Waals surface area contributed by atoms with Crippen molar-refractivity contribution in [3.63, 3.8) is 0 Å². The number of rotatable bonds is 4. The molecule has 0 radical (unpaired) electrons. The molecule has 1 spiro atoms. The SMILES string of the molecule is FC(F)(F)c1ncc(SN2CC3(CN(CC4CCOCC4)C3)C2)s1. The molecule has 0 unspecified atom stereocenters. The van der Waals surface area contributed by atoms with Crippen LogP contribution < -0.4 is 0 Å². The first-order chi connectivity index (χ1) is 11.4. The lowest BCUT2D eigenvalue weighted by molar-refractivity contribution is -0.137. The zero-order chi connectivity index (χ0) is 16.8. The number of thiazole rings is 1. The normalized spacial score (nSPS) is 25.6. The zero-order valence-corrected chi connectivity index (χ0v) is 14.9. The van der Waals surface area contributed by atoms with Crippen molar-refractivity contribution in [2.24, 2.45) is 11.3 Å². The van der Waals surface area contributed by atoms with E-state index in [2.05, 4.69) is 14.2 Å². The van der Waals surface area contributed by atoms with Crippen LogP contribution in [0.15, 0.2) is 10.4 Å². The van der Waals surface area contributed by atoms with Gasteiger partial charge < -0.3 is 9.64 Å². The van der Waals surface area contributed by atoms with Crippen molar-refractivity contribution < 1.29 is 17.9 Å². The summed E-state index contributed by atoms with van der Waals surface area (Å²) in [6.07, 6.45) is -0.670. The molecule has 4 heterocycles. The van der Waals surface area contributed by atoms with Gasteiger partial charge >= 0.3 is 6.18 Å². The van der Waals surface area contributed by atoms with Gasteiger partial charge in [0, 0.05) is 51.4 Å². The van der Waals surface area contributed by atoms with Gasteiger partial charge in [-0.25, -0.2) is 9.29 Å². The van der Waals surface area contributed by atoms with Gasteiger partial charge in [0.1, 0.15) is 0 Å². The van der Waals surface area contributed by atoms with Gasteiger partial charge in [0.15, 0.2) is 5.01 Å². The van der Waals surface area contributed by atoms with Gasteiger partial charge in [0.05, 0.1) is 10.4 Å². The van der Waals surface area contributed by atoms with Crippen LogP contribution in [0.5, 0.6) is 0 Å². The summed E-state index contributed by atoms with van der Waals surface area (Å²) < 4.78 is 45.9. The van der Waals surface area contributed by atoms with E-state index >= 15 is 0 Å². The Morgan fingerprint density at radius 1 is 1.25 bits per heavy atom. The molecule has 9 heteroatoms. The van der Waals surface area contributed by atoms with Crippen LogP contribution in [-0.2, 0) is 10.9 Å². The first-order valence-electron chi connectivity index (χ1n) is 8.18. The summed E-state index contributed by atoms with van der Waals surface area (Å²) in [5, 5.41) is -0.758. The Morgan fingerprint density at radius 2 is 1.96 bits per heavy atom. The van der Waals surface area contributed by atoms with E-state index < -0.39 is 11.2 Å².